The van der Waals surface area contributed by atoms with Crippen LogP contribution in [-0.2, 0) is 9.53 Å². The highest BCUT2D eigenvalue weighted by Crippen LogP contribution is 2.09. The van der Waals surface area contributed by atoms with E-state index in [-0.39, 0.29) is 5.92 Å². The van der Waals surface area contributed by atoms with Crippen LogP contribution in [0.3, 0.4) is 0 Å². The van der Waals surface area contributed by atoms with Crippen molar-refractivity contribution in [1.29, 1.82) is 0 Å². The van der Waals surface area contributed by atoms with E-state index in [4.69, 9.17) is 11.2 Å². The van der Waals surface area contributed by atoms with Gasteiger partial charge in [-0.25, -0.2) is 4.79 Å². The number of rotatable bonds is 13. The second kappa shape index (κ2) is 25.1. The lowest BCUT2D eigenvalue weighted by molar-refractivity contribution is -0.123. The van der Waals surface area contributed by atoms with Crippen LogP contribution in [0.5, 0.6) is 0 Å². The number of allylic oxidation sites excluding steroid dienone is 1. The molecule has 0 rings (SSSR count). The van der Waals surface area contributed by atoms with Gasteiger partial charge < -0.3 is 10.1 Å². The summed E-state index contributed by atoms with van der Waals surface area (Å²) in [7, 11) is 0. The van der Waals surface area contributed by atoms with Gasteiger partial charge in [-0.1, -0.05) is 52.0 Å². The predicted octanol–water partition coefficient (Wildman–Crippen LogP) is 3.77. The number of amides is 2. The molecule has 0 spiro atoms. The molecule has 38 heavy (non-hydrogen) atoms. The van der Waals surface area contributed by atoms with Crippen LogP contribution in [0.4, 0.5) is 4.79 Å². The first-order chi connectivity index (χ1) is 18.6. The Balaban J connectivity index is 4.53. The van der Waals surface area contributed by atoms with Crippen molar-refractivity contribution in [2.45, 2.75) is 71.3 Å². The van der Waals surface area contributed by atoms with Gasteiger partial charge in [-0.2, -0.15) is 0 Å². The summed E-state index contributed by atoms with van der Waals surface area (Å²) >= 11 is 0. The first-order valence-electron chi connectivity index (χ1n) is 12.4. The van der Waals surface area contributed by atoms with Crippen LogP contribution >= 0.6 is 0 Å². The minimum atomic E-state index is -0.773. The topological polar surface area (TPSA) is 67.4 Å². The number of alkyl carbamates (subject to hydrolysis) is 1. The fourth-order valence-electron chi connectivity index (χ4n) is 2.71. The summed E-state index contributed by atoms with van der Waals surface area (Å²) in [4.78, 5) is 24.7. The fourth-order valence-corrected chi connectivity index (χ4v) is 2.71. The van der Waals surface area contributed by atoms with Crippen LogP contribution in [0.2, 0.25) is 0 Å². The smallest absolute Gasteiger partial charge is 0.407 e. The number of unbranched alkanes of at least 4 members (excludes halogenated alkanes) is 6. The molecule has 0 saturated carbocycles. The van der Waals surface area contributed by atoms with Gasteiger partial charge >= 0.3 is 6.09 Å². The van der Waals surface area contributed by atoms with Crippen molar-refractivity contribution in [2.75, 3.05) is 6.61 Å². The van der Waals surface area contributed by atoms with Crippen molar-refractivity contribution in [3.63, 3.8) is 0 Å². The zero-order valence-electron chi connectivity index (χ0n) is 22.1. The predicted molar refractivity (Wildman–Crippen MR) is 152 cm³/mol. The number of hydrogen-bond donors (Lipinski definition) is 2. The van der Waals surface area contributed by atoms with Crippen LogP contribution in [0.25, 0.3) is 0 Å². The molecule has 5 nitrogen and oxygen atoms in total. The Labute approximate surface area is 228 Å². The van der Waals surface area contributed by atoms with Crippen molar-refractivity contribution in [1.82, 2.24) is 10.6 Å². The molecule has 0 aliphatic heterocycles. The van der Waals surface area contributed by atoms with Gasteiger partial charge in [-0.3, -0.25) is 10.1 Å². The average molecular weight is 505 g/mol. The second-order valence-corrected chi connectivity index (χ2v) is 7.73. The van der Waals surface area contributed by atoms with E-state index in [0.717, 1.165) is 25.7 Å². The summed E-state index contributed by atoms with van der Waals surface area (Å²) in [6.45, 7) is 7.83. The number of carbonyl (C=O) groups is 2. The molecular formula is C33H32N2O3. The Morgan fingerprint density at radius 1 is 0.816 bits per heavy atom. The SMILES string of the molecule is C#CC#CC#CC#CC#CC#CC#CC#CNC(=O)[C@@H](NC(=O)OCCCCCCCCC=C)[C@@H](C)CC. The number of nitrogens with one attached hydrogen (secondary N) is 2. The maximum Gasteiger partial charge on any atom is 0.407 e. The van der Waals surface area contributed by atoms with Gasteiger partial charge in [0.25, 0.3) is 5.91 Å². The van der Waals surface area contributed by atoms with Crippen molar-refractivity contribution < 1.29 is 14.3 Å². The van der Waals surface area contributed by atoms with Crippen LogP contribution in [-0.4, -0.2) is 24.6 Å². The number of hydrogen-bond acceptors (Lipinski definition) is 3. The number of carbonyl (C=O) groups excluding carboxylic acids is 2. The van der Waals surface area contributed by atoms with E-state index in [2.05, 4.69) is 106 Å². The molecule has 0 saturated heterocycles. The average Bonchev–Trinajstić information content (AvgIpc) is 2.92. The molecule has 0 radical (unpaired) electrons. The highest BCUT2D eigenvalue weighted by atomic mass is 16.5. The fraction of sp³-hybridized carbons (Fsp3) is 0.394. The molecule has 0 aliphatic carbocycles. The van der Waals surface area contributed by atoms with Crippen LogP contribution in [0.1, 0.15) is 65.2 Å². The molecule has 2 N–H and O–H groups in total. The lowest BCUT2D eigenvalue weighted by Gasteiger charge is -2.21. The molecule has 2 amide bonds. The Morgan fingerprint density at radius 2 is 1.32 bits per heavy atom. The first-order valence-corrected chi connectivity index (χ1v) is 12.4. The molecule has 2 atom stereocenters. The highest BCUT2D eigenvalue weighted by Gasteiger charge is 2.26. The molecule has 0 aromatic carbocycles. The largest absolute Gasteiger partial charge is 0.450 e. The van der Waals surface area contributed by atoms with Crippen molar-refractivity contribution in [3.05, 3.63) is 12.7 Å². The lowest BCUT2D eigenvalue weighted by Crippen LogP contribution is -2.49. The molecule has 0 unspecified atom stereocenters. The number of ether oxygens (including phenoxy) is 1. The van der Waals surface area contributed by atoms with Crippen LogP contribution in [0.15, 0.2) is 12.7 Å². The normalized spacial score (nSPS) is 9.39. The quantitative estimate of drug-likeness (QED) is 0.174. The molecule has 0 fully saturated rings. The van der Waals surface area contributed by atoms with E-state index in [9.17, 15) is 9.59 Å². The van der Waals surface area contributed by atoms with Crippen LogP contribution < -0.4 is 10.6 Å². The van der Waals surface area contributed by atoms with Gasteiger partial charge in [0, 0.05) is 47.5 Å². The zero-order chi connectivity index (χ0) is 28.1. The van der Waals surface area contributed by atoms with E-state index in [1.807, 2.05) is 19.9 Å². The lowest BCUT2D eigenvalue weighted by atomic mass is 9.98. The summed E-state index contributed by atoms with van der Waals surface area (Å²) in [6, 6.07) is 1.68. The molecule has 5 heteroatoms. The van der Waals surface area contributed by atoms with Crippen molar-refractivity contribution in [2.24, 2.45) is 5.92 Å². The minimum Gasteiger partial charge on any atom is -0.450 e. The second-order valence-electron chi connectivity index (χ2n) is 7.73. The van der Waals surface area contributed by atoms with E-state index >= 15 is 0 Å². The molecule has 0 aromatic heterocycles. The molecule has 0 heterocycles. The Morgan fingerprint density at radius 3 is 1.84 bits per heavy atom. The standard InChI is InChI=1S/C33H32N2O3/c1-5-8-10-12-14-16-17-18-19-20-21-22-24-26-28-34-32(36)31(30(4)7-3)35-33(37)38-29-27-25-23-15-13-11-9-6-2/h1,6,30-31H,2,7,9,11,13,15,23,25,27,29H2,3-4H3,(H,34,36)(H,35,37)/t30-,31-/m0/s1. The van der Waals surface area contributed by atoms with E-state index < -0.39 is 18.0 Å². The molecule has 0 aromatic rings. The van der Waals surface area contributed by atoms with Crippen LogP contribution in [0, 0.1) is 101 Å². The summed E-state index contributed by atoms with van der Waals surface area (Å²) in [5, 5.41) is 5.08. The van der Waals surface area contributed by atoms with Crippen molar-refractivity contribution >= 4 is 12.0 Å². The maximum absolute atomic E-state index is 12.5. The summed E-state index contributed by atoms with van der Waals surface area (Å²) in [6.07, 6.45) is 14.4. The monoisotopic (exact) mass is 504 g/mol. The molecular weight excluding hydrogens is 472 g/mol. The van der Waals surface area contributed by atoms with Gasteiger partial charge in [0.05, 0.1) is 6.61 Å². The molecule has 0 aliphatic rings. The summed E-state index contributed by atoms with van der Waals surface area (Å²) in [5.41, 5.74) is 0. The summed E-state index contributed by atoms with van der Waals surface area (Å²) in [5.74, 6) is 33.6. The Kier molecular flexibility index (Phi) is 21.7. The zero-order valence-corrected chi connectivity index (χ0v) is 22.1. The van der Waals surface area contributed by atoms with E-state index in [1.165, 1.54) is 19.3 Å². The van der Waals surface area contributed by atoms with Gasteiger partial charge in [-0.05, 0) is 66.6 Å². The van der Waals surface area contributed by atoms with E-state index in [1.54, 1.807) is 0 Å². The maximum atomic E-state index is 12.5. The highest BCUT2D eigenvalue weighted by molar-refractivity contribution is 5.87. The number of terminal acetylenes is 1. The molecule has 0 bridgehead atoms. The van der Waals surface area contributed by atoms with Gasteiger partial charge in [0.15, 0.2) is 0 Å². The third-order valence-corrected chi connectivity index (χ3v) is 4.87. The first kappa shape index (κ1) is 33.0. The third kappa shape index (κ3) is 20.3. The van der Waals surface area contributed by atoms with Crippen molar-refractivity contribution in [3.8, 4) is 95.4 Å². The molecule has 192 valence electrons. The summed E-state index contributed by atoms with van der Waals surface area (Å²) < 4.78 is 5.24. The third-order valence-electron chi connectivity index (χ3n) is 4.87. The van der Waals surface area contributed by atoms with Gasteiger partial charge in [0.1, 0.15) is 6.04 Å². The van der Waals surface area contributed by atoms with Gasteiger partial charge in [-0.15, -0.1) is 13.0 Å². The van der Waals surface area contributed by atoms with E-state index in [0.29, 0.717) is 13.0 Å². The Hall–Kier alpha value is -5.04. The minimum absolute atomic E-state index is 0.111. The van der Waals surface area contributed by atoms with Gasteiger partial charge in [0.2, 0.25) is 0 Å². The Bertz CT molecular complexity index is 1270.